The highest BCUT2D eigenvalue weighted by Gasteiger charge is 2.30. The first kappa shape index (κ1) is 14.4. The lowest BCUT2D eigenvalue weighted by Gasteiger charge is -2.35. The monoisotopic (exact) mass is 274 g/mol. The van der Waals surface area contributed by atoms with Crippen LogP contribution in [0.1, 0.15) is 37.3 Å². The van der Waals surface area contributed by atoms with Gasteiger partial charge in [-0.25, -0.2) is 0 Å². The molecule has 1 aromatic rings. The summed E-state index contributed by atoms with van der Waals surface area (Å²) >= 11 is 0. The van der Waals surface area contributed by atoms with Gasteiger partial charge in [-0.15, -0.1) is 0 Å². The summed E-state index contributed by atoms with van der Waals surface area (Å²) in [7, 11) is -1.45. The predicted octanol–water partition coefficient (Wildman–Crippen LogP) is 5.17. The molecule has 0 amide bonds. The number of allylic oxidation sites excluding steroid dienone is 2. The second kappa shape index (κ2) is 5.16. The SMILES string of the molecule is Cc1ccc([C@@]2(C)CC=C(O[Si](C)(C)C)CC2)cc1. The van der Waals surface area contributed by atoms with E-state index in [9.17, 15) is 0 Å². The van der Waals surface area contributed by atoms with Crippen molar-refractivity contribution in [3.05, 3.63) is 47.2 Å². The van der Waals surface area contributed by atoms with Crippen LogP contribution in [0.15, 0.2) is 36.1 Å². The van der Waals surface area contributed by atoms with Crippen molar-refractivity contribution in [2.24, 2.45) is 0 Å². The predicted molar refractivity (Wildman–Crippen MR) is 84.9 cm³/mol. The van der Waals surface area contributed by atoms with Crippen molar-refractivity contribution in [2.75, 3.05) is 0 Å². The van der Waals surface area contributed by atoms with Crippen molar-refractivity contribution in [1.29, 1.82) is 0 Å². The van der Waals surface area contributed by atoms with Crippen molar-refractivity contribution < 1.29 is 4.43 Å². The molecule has 0 saturated heterocycles. The van der Waals surface area contributed by atoms with E-state index in [1.54, 1.807) is 0 Å². The van der Waals surface area contributed by atoms with Gasteiger partial charge in [0, 0.05) is 6.42 Å². The molecule has 0 bridgehead atoms. The Labute approximate surface area is 118 Å². The fraction of sp³-hybridized carbons (Fsp3) is 0.529. The molecule has 0 saturated carbocycles. The Hall–Kier alpha value is -1.02. The molecule has 0 unspecified atom stereocenters. The fourth-order valence-electron chi connectivity index (χ4n) is 2.65. The molecule has 2 rings (SSSR count). The Morgan fingerprint density at radius 3 is 2.21 bits per heavy atom. The highest BCUT2D eigenvalue weighted by atomic mass is 28.4. The van der Waals surface area contributed by atoms with Gasteiger partial charge in [0.15, 0.2) is 0 Å². The first-order valence-corrected chi connectivity index (χ1v) is 10.6. The Balaban J connectivity index is 2.11. The molecular weight excluding hydrogens is 248 g/mol. The van der Waals surface area contributed by atoms with Crippen molar-refractivity contribution >= 4 is 8.32 Å². The van der Waals surface area contributed by atoms with Crippen LogP contribution in [0.5, 0.6) is 0 Å². The molecule has 104 valence electrons. The molecule has 0 radical (unpaired) electrons. The van der Waals surface area contributed by atoms with Gasteiger partial charge in [-0.1, -0.05) is 36.8 Å². The quantitative estimate of drug-likeness (QED) is 0.691. The van der Waals surface area contributed by atoms with Crippen LogP contribution < -0.4 is 0 Å². The molecule has 0 spiro atoms. The second-order valence-corrected chi connectivity index (χ2v) is 11.4. The molecule has 0 aliphatic heterocycles. The topological polar surface area (TPSA) is 9.23 Å². The van der Waals surface area contributed by atoms with E-state index < -0.39 is 8.32 Å². The molecule has 1 aliphatic rings. The van der Waals surface area contributed by atoms with Crippen LogP contribution in [-0.4, -0.2) is 8.32 Å². The van der Waals surface area contributed by atoms with E-state index in [2.05, 4.69) is 63.8 Å². The van der Waals surface area contributed by atoms with Gasteiger partial charge in [0.05, 0.1) is 5.76 Å². The molecule has 1 aromatic carbocycles. The van der Waals surface area contributed by atoms with E-state index >= 15 is 0 Å². The number of hydrogen-bond donors (Lipinski definition) is 0. The summed E-state index contributed by atoms with van der Waals surface area (Å²) in [5, 5.41) is 0. The summed E-state index contributed by atoms with van der Waals surface area (Å²) in [6, 6.07) is 9.01. The van der Waals surface area contributed by atoms with Gasteiger partial charge < -0.3 is 4.43 Å². The molecule has 19 heavy (non-hydrogen) atoms. The van der Waals surface area contributed by atoms with Gasteiger partial charge in [-0.2, -0.15) is 0 Å². The molecule has 1 aliphatic carbocycles. The largest absolute Gasteiger partial charge is 0.548 e. The summed E-state index contributed by atoms with van der Waals surface area (Å²) in [6.45, 7) is 11.3. The zero-order valence-corrected chi connectivity index (χ0v) is 13.9. The van der Waals surface area contributed by atoms with Crippen LogP contribution in [0.2, 0.25) is 19.6 Å². The standard InChI is InChI=1S/C17H26OSi/c1-14-6-8-15(9-7-14)17(2)12-10-16(11-13-17)18-19(3,4)5/h6-10H,11-13H2,1-5H3/t17-/m0/s1. The van der Waals surface area contributed by atoms with Crippen LogP contribution in [0.4, 0.5) is 0 Å². The number of aryl methyl sites for hydroxylation is 1. The van der Waals surface area contributed by atoms with Gasteiger partial charge in [0.25, 0.3) is 0 Å². The Morgan fingerprint density at radius 1 is 1.11 bits per heavy atom. The van der Waals surface area contributed by atoms with Gasteiger partial charge in [-0.3, -0.25) is 0 Å². The average molecular weight is 274 g/mol. The third-order valence-electron chi connectivity index (χ3n) is 3.89. The maximum absolute atomic E-state index is 6.13. The highest BCUT2D eigenvalue weighted by Crippen LogP contribution is 2.39. The highest BCUT2D eigenvalue weighted by molar-refractivity contribution is 6.70. The Kier molecular flexibility index (Phi) is 3.91. The third-order valence-corrected chi connectivity index (χ3v) is 4.76. The van der Waals surface area contributed by atoms with E-state index in [-0.39, 0.29) is 5.41 Å². The third kappa shape index (κ3) is 3.72. The van der Waals surface area contributed by atoms with E-state index in [1.165, 1.54) is 23.3 Å². The lowest BCUT2D eigenvalue weighted by molar-refractivity contribution is 0.327. The van der Waals surface area contributed by atoms with Crippen LogP contribution in [0.3, 0.4) is 0 Å². The van der Waals surface area contributed by atoms with Gasteiger partial charge in [0.1, 0.15) is 0 Å². The minimum Gasteiger partial charge on any atom is -0.548 e. The van der Waals surface area contributed by atoms with Crippen molar-refractivity contribution in [2.45, 2.75) is 58.2 Å². The number of benzene rings is 1. The lowest BCUT2D eigenvalue weighted by Crippen LogP contribution is -2.29. The zero-order chi connectivity index (χ0) is 14.1. The summed E-state index contributed by atoms with van der Waals surface area (Å²) in [6.07, 6.45) is 5.68. The van der Waals surface area contributed by atoms with Crippen molar-refractivity contribution in [3.63, 3.8) is 0 Å². The van der Waals surface area contributed by atoms with Gasteiger partial charge in [-0.05, 0) is 56.5 Å². The van der Waals surface area contributed by atoms with Gasteiger partial charge in [0.2, 0.25) is 8.32 Å². The molecule has 0 N–H and O–H groups in total. The summed E-state index contributed by atoms with van der Waals surface area (Å²) < 4.78 is 6.13. The van der Waals surface area contributed by atoms with Crippen LogP contribution in [-0.2, 0) is 9.84 Å². The molecule has 0 fully saturated rings. The number of rotatable bonds is 3. The molecular formula is C17H26OSi. The lowest BCUT2D eigenvalue weighted by atomic mass is 9.73. The number of hydrogen-bond acceptors (Lipinski definition) is 1. The summed E-state index contributed by atoms with van der Waals surface area (Å²) in [4.78, 5) is 0. The molecule has 1 nitrogen and oxygen atoms in total. The minimum atomic E-state index is -1.45. The molecule has 1 atom stereocenters. The maximum atomic E-state index is 6.13. The smallest absolute Gasteiger partial charge is 0.241 e. The first-order chi connectivity index (χ1) is 8.78. The molecule has 2 heteroatoms. The van der Waals surface area contributed by atoms with E-state index in [0.717, 1.165) is 12.8 Å². The van der Waals surface area contributed by atoms with E-state index in [0.29, 0.717) is 0 Å². The second-order valence-electron chi connectivity index (χ2n) is 7.02. The normalized spacial score (nSPS) is 23.9. The van der Waals surface area contributed by atoms with Crippen molar-refractivity contribution in [3.8, 4) is 0 Å². The minimum absolute atomic E-state index is 0.278. The first-order valence-electron chi connectivity index (χ1n) is 7.24. The maximum Gasteiger partial charge on any atom is 0.241 e. The summed E-state index contributed by atoms with van der Waals surface area (Å²) in [5.41, 5.74) is 3.07. The van der Waals surface area contributed by atoms with Crippen LogP contribution in [0, 0.1) is 6.92 Å². The van der Waals surface area contributed by atoms with E-state index in [4.69, 9.17) is 4.43 Å². The zero-order valence-electron chi connectivity index (χ0n) is 12.9. The summed E-state index contributed by atoms with van der Waals surface area (Å²) in [5.74, 6) is 1.23. The Morgan fingerprint density at radius 2 is 1.74 bits per heavy atom. The molecule has 0 aromatic heterocycles. The van der Waals surface area contributed by atoms with Crippen LogP contribution in [0.25, 0.3) is 0 Å². The van der Waals surface area contributed by atoms with Gasteiger partial charge >= 0.3 is 0 Å². The Bertz CT molecular complexity index is 467. The molecule has 0 heterocycles. The van der Waals surface area contributed by atoms with Crippen molar-refractivity contribution in [1.82, 2.24) is 0 Å². The average Bonchev–Trinajstić information content (AvgIpc) is 2.31. The van der Waals surface area contributed by atoms with E-state index in [1.807, 2.05) is 0 Å². The fourth-order valence-corrected chi connectivity index (χ4v) is 3.62. The van der Waals surface area contributed by atoms with Crippen LogP contribution >= 0.6 is 0 Å².